The van der Waals surface area contributed by atoms with Crippen molar-refractivity contribution in [3.05, 3.63) is 35.3 Å². The van der Waals surface area contributed by atoms with E-state index in [-0.39, 0.29) is 5.92 Å². The molecule has 0 aliphatic carbocycles. The van der Waals surface area contributed by atoms with Gasteiger partial charge in [-0.2, -0.15) is 18.3 Å². The molecule has 0 saturated carbocycles. The molecular formula is C15H18F3N3O2. The molecule has 2 aromatic rings. The van der Waals surface area contributed by atoms with Gasteiger partial charge in [-0.25, -0.2) is 0 Å². The number of rotatable bonds is 4. The number of aromatic nitrogens is 2. The molecular weight excluding hydrogens is 311 g/mol. The van der Waals surface area contributed by atoms with E-state index in [0.717, 1.165) is 31.2 Å². The van der Waals surface area contributed by atoms with Crippen molar-refractivity contribution in [2.75, 3.05) is 20.2 Å². The van der Waals surface area contributed by atoms with Crippen LogP contribution >= 0.6 is 0 Å². The fourth-order valence-corrected chi connectivity index (χ4v) is 2.92. The third kappa shape index (κ3) is 3.69. The molecule has 0 amide bonds. The Kier molecular flexibility index (Phi) is 4.34. The summed E-state index contributed by atoms with van der Waals surface area (Å²) >= 11 is 0. The summed E-state index contributed by atoms with van der Waals surface area (Å²) < 4.78 is 48.5. The second kappa shape index (κ2) is 6.27. The molecule has 3 rings (SSSR count). The molecule has 0 spiro atoms. The molecule has 23 heavy (non-hydrogen) atoms. The highest BCUT2D eigenvalue weighted by Gasteiger charge is 2.35. The Morgan fingerprint density at radius 2 is 2.26 bits per heavy atom. The van der Waals surface area contributed by atoms with Crippen molar-refractivity contribution in [1.29, 1.82) is 0 Å². The summed E-state index contributed by atoms with van der Waals surface area (Å²) in [7, 11) is 1.54. The number of hydrogen-bond acceptors (Lipinski definition) is 4. The average Bonchev–Trinajstić information content (AvgIpc) is 3.16. The Hall–Kier alpha value is -1.96. The van der Waals surface area contributed by atoms with Crippen LogP contribution in [0.2, 0.25) is 0 Å². The predicted molar refractivity (Wildman–Crippen MR) is 76.1 cm³/mol. The van der Waals surface area contributed by atoms with Crippen LogP contribution in [0.5, 0.6) is 5.95 Å². The van der Waals surface area contributed by atoms with Gasteiger partial charge in [0, 0.05) is 24.2 Å². The number of H-pyrrole nitrogens is 1. The lowest BCUT2D eigenvalue weighted by Gasteiger charge is -2.31. The molecule has 1 N–H and O–H groups in total. The highest BCUT2D eigenvalue weighted by molar-refractivity contribution is 5.17. The summed E-state index contributed by atoms with van der Waals surface area (Å²) in [4.78, 5) is 2.17. The van der Waals surface area contributed by atoms with Crippen molar-refractivity contribution in [3.63, 3.8) is 0 Å². The number of nitrogens with one attached hydrogen (secondary N) is 1. The summed E-state index contributed by atoms with van der Waals surface area (Å²) in [6.07, 6.45) is -2.64. The summed E-state index contributed by atoms with van der Waals surface area (Å²) in [5.74, 6) is 1.25. The van der Waals surface area contributed by atoms with E-state index in [0.29, 0.717) is 24.7 Å². The zero-order chi connectivity index (χ0) is 16.4. The molecule has 2 aromatic heterocycles. The quantitative estimate of drug-likeness (QED) is 0.934. The van der Waals surface area contributed by atoms with E-state index in [4.69, 9.17) is 9.15 Å². The molecule has 5 nitrogen and oxygen atoms in total. The number of likely N-dealkylation sites (tertiary alicyclic amines) is 1. The summed E-state index contributed by atoms with van der Waals surface area (Å²) in [5, 5.41) is 5.92. The van der Waals surface area contributed by atoms with Crippen LogP contribution in [0.4, 0.5) is 13.2 Å². The first-order valence-electron chi connectivity index (χ1n) is 7.43. The lowest BCUT2D eigenvalue weighted by molar-refractivity contribution is -0.141. The van der Waals surface area contributed by atoms with Crippen LogP contribution in [-0.4, -0.2) is 35.3 Å². The smallest absolute Gasteiger partial charge is 0.435 e. The maximum Gasteiger partial charge on any atom is 0.435 e. The van der Waals surface area contributed by atoms with Crippen molar-refractivity contribution < 1.29 is 22.3 Å². The first-order valence-corrected chi connectivity index (χ1v) is 7.43. The summed E-state index contributed by atoms with van der Waals surface area (Å²) in [5.41, 5.74) is -0.320. The van der Waals surface area contributed by atoms with Gasteiger partial charge in [0.15, 0.2) is 5.69 Å². The number of nitrogens with zero attached hydrogens (tertiary/aromatic N) is 2. The SMILES string of the molecule is COc1ccc(CN2CCCC(c3cc(C(F)(F)F)n[nH]3)C2)o1. The van der Waals surface area contributed by atoms with Crippen LogP contribution in [-0.2, 0) is 12.7 Å². The van der Waals surface area contributed by atoms with E-state index in [1.54, 1.807) is 6.07 Å². The van der Waals surface area contributed by atoms with Gasteiger partial charge in [-0.1, -0.05) is 0 Å². The van der Waals surface area contributed by atoms with Crippen molar-refractivity contribution in [1.82, 2.24) is 15.1 Å². The first kappa shape index (κ1) is 15.9. The molecule has 3 heterocycles. The number of piperidine rings is 1. The van der Waals surface area contributed by atoms with Gasteiger partial charge in [-0.3, -0.25) is 10.00 Å². The zero-order valence-electron chi connectivity index (χ0n) is 12.7. The highest BCUT2D eigenvalue weighted by atomic mass is 19.4. The molecule has 0 aromatic carbocycles. The molecule has 1 aliphatic rings. The Morgan fingerprint density at radius 1 is 1.43 bits per heavy atom. The van der Waals surface area contributed by atoms with Crippen LogP contribution in [0.25, 0.3) is 0 Å². The largest absolute Gasteiger partial charge is 0.468 e. The van der Waals surface area contributed by atoms with Gasteiger partial charge in [0.25, 0.3) is 5.95 Å². The molecule has 1 fully saturated rings. The third-order valence-corrected chi connectivity index (χ3v) is 4.05. The molecule has 1 atom stereocenters. The van der Waals surface area contributed by atoms with Gasteiger partial charge in [0.1, 0.15) is 5.76 Å². The minimum Gasteiger partial charge on any atom is -0.468 e. The Balaban J connectivity index is 1.64. The van der Waals surface area contributed by atoms with Gasteiger partial charge < -0.3 is 9.15 Å². The first-order chi connectivity index (χ1) is 11.0. The van der Waals surface area contributed by atoms with E-state index >= 15 is 0 Å². The second-order valence-electron chi connectivity index (χ2n) is 5.71. The maximum atomic E-state index is 12.7. The Bertz CT molecular complexity index is 650. The number of alkyl halides is 3. The molecule has 8 heteroatoms. The summed E-state index contributed by atoms with van der Waals surface area (Å²) in [6.45, 7) is 2.17. The van der Waals surface area contributed by atoms with Crippen LogP contribution in [0.3, 0.4) is 0 Å². The molecule has 0 radical (unpaired) electrons. The fraction of sp³-hybridized carbons (Fsp3) is 0.533. The van der Waals surface area contributed by atoms with E-state index in [1.165, 1.54) is 7.11 Å². The van der Waals surface area contributed by atoms with Gasteiger partial charge in [-0.15, -0.1) is 0 Å². The number of methoxy groups -OCH3 is 1. The molecule has 1 unspecified atom stereocenters. The molecule has 0 bridgehead atoms. The number of aromatic amines is 1. The maximum absolute atomic E-state index is 12.7. The van der Waals surface area contributed by atoms with E-state index < -0.39 is 11.9 Å². The normalized spacial score (nSPS) is 19.9. The predicted octanol–water partition coefficient (Wildman–Crippen LogP) is 3.41. The molecule has 1 aliphatic heterocycles. The van der Waals surface area contributed by atoms with Gasteiger partial charge >= 0.3 is 6.18 Å². The number of furan rings is 1. The number of ether oxygens (including phenoxy) is 1. The van der Waals surface area contributed by atoms with E-state index in [1.807, 2.05) is 6.07 Å². The van der Waals surface area contributed by atoms with Gasteiger partial charge in [0.2, 0.25) is 0 Å². The van der Waals surface area contributed by atoms with Crippen molar-refractivity contribution >= 4 is 0 Å². The molecule has 1 saturated heterocycles. The lowest BCUT2D eigenvalue weighted by Crippen LogP contribution is -2.33. The van der Waals surface area contributed by atoms with Crippen molar-refractivity contribution in [2.24, 2.45) is 0 Å². The van der Waals surface area contributed by atoms with Crippen LogP contribution in [0, 0.1) is 0 Å². The fourth-order valence-electron chi connectivity index (χ4n) is 2.92. The van der Waals surface area contributed by atoms with Crippen LogP contribution in [0.15, 0.2) is 22.6 Å². The second-order valence-corrected chi connectivity index (χ2v) is 5.71. The van der Waals surface area contributed by atoms with Crippen LogP contribution < -0.4 is 4.74 Å². The standard InChI is InChI=1S/C15H18F3N3O2/c1-22-14-5-4-11(23-14)9-21-6-2-3-10(8-21)12-7-13(20-19-12)15(16,17)18/h4-5,7,10H,2-3,6,8-9H2,1H3,(H,19,20). The highest BCUT2D eigenvalue weighted by Crippen LogP contribution is 2.32. The Labute approximate surface area is 131 Å². The van der Waals surface area contributed by atoms with Crippen LogP contribution in [0.1, 0.15) is 35.9 Å². The van der Waals surface area contributed by atoms with Gasteiger partial charge in [-0.05, 0) is 31.5 Å². The summed E-state index contributed by atoms with van der Waals surface area (Å²) in [6, 6.07) is 4.71. The number of halogens is 3. The number of hydrogen-bond donors (Lipinski definition) is 1. The topological polar surface area (TPSA) is 54.3 Å². The van der Waals surface area contributed by atoms with Gasteiger partial charge in [0.05, 0.1) is 13.7 Å². The lowest BCUT2D eigenvalue weighted by atomic mass is 9.94. The minimum atomic E-state index is -4.41. The Morgan fingerprint density at radius 3 is 2.91 bits per heavy atom. The van der Waals surface area contributed by atoms with E-state index in [2.05, 4.69) is 15.1 Å². The third-order valence-electron chi connectivity index (χ3n) is 4.05. The minimum absolute atomic E-state index is 0.0178. The van der Waals surface area contributed by atoms with E-state index in [9.17, 15) is 13.2 Å². The monoisotopic (exact) mass is 329 g/mol. The van der Waals surface area contributed by atoms with Crippen molar-refractivity contribution in [3.8, 4) is 5.95 Å². The zero-order valence-corrected chi connectivity index (χ0v) is 12.7. The molecule has 126 valence electrons. The van der Waals surface area contributed by atoms with Crippen molar-refractivity contribution in [2.45, 2.75) is 31.5 Å². The average molecular weight is 329 g/mol.